The molecule has 2 rings (SSSR count). The number of aliphatic hydroxyl groups excluding tert-OH is 1. The number of benzene rings is 1. The van der Waals surface area contributed by atoms with E-state index in [0.717, 1.165) is 31.0 Å². The van der Waals surface area contributed by atoms with Gasteiger partial charge in [0.25, 0.3) is 0 Å². The van der Waals surface area contributed by atoms with Gasteiger partial charge in [-0.25, -0.2) is 0 Å². The minimum atomic E-state index is -0.460. The van der Waals surface area contributed by atoms with E-state index in [2.05, 4.69) is 17.9 Å². The molecule has 1 aromatic carbocycles. The van der Waals surface area contributed by atoms with Crippen LogP contribution in [0.15, 0.2) is 24.3 Å². The van der Waals surface area contributed by atoms with Crippen LogP contribution in [0.25, 0.3) is 0 Å². The molecule has 1 atom stereocenters. The van der Waals surface area contributed by atoms with Gasteiger partial charge in [-0.1, -0.05) is 19.1 Å². The number of nitriles is 1. The SMILES string of the molecule is CCCN(CC1CC1)CC(O)c1ccc(C#N)cc1. The van der Waals surface area contributed by atoms with Crippen molar-refractivity contribution < 1.29 is 5.11 Å². The van der Waals surface area contributed by atoms with E-state index < -0.39 is 6.10 Å². The summed E-state index contributed by atoms with van der Waals surface area (Å²) in [5, 5.41) is 19.1. The molecule has 0 aromatic heterocycles. The predicted molar refractivity (Wildman–Crippen MR) is 75.6 cm³/mol. The standard InChI is InChI=1S/C16H22N2O/c1-2-9-18(11-14-3-4-14)12-16(19)15-7-5-13(10-17)6-8-15/h5-8,14,16,19H,2-4,9,11-12H2,1H3. The van der Waals surface area contributed by atoms with Gasteiger partial charge in [-0.05, 0) is 49.4 Å². The van der Waals surface area contributed by atoms with E-state index in [-0.39, 0.29) is 0 Å². The number of hydrogen-bond acceptors (Lipinski definition) is 3. The molecule has 0 radical (unpaired) electrons. The first kappa shape index (κ1) is 14.0. The molecule has 0 bridgehead atoms. The lowest BCUT2D eigenvalue weighted by Crippen LogP contribution is -2.31. The summed E-state index contributed by atoms with van der Waals surface area (Å²) in [5.74, 6) is 0.847. The smallest absolute Gasteiger partial charge is 0.0991 e. The molecule has 102 valence electrons. The number of nitrogens with zero attached hydrogens (tertiary/aromatic N) is 2. The van der Waals surface area contributed by atoms with Crippen molar-refractivity contribution in [2.75, 3.05) is 19.6 Å². The molecule has 1 aliphatic carbocycles. The quantitative estimate of drug-likeness (QED) is 0.818. The van der Waals surface area contributed by atoms with Crippen LogP contribution in [0.4, 0.5) is 0 Å². The highest BCUT2D eigenvalue weighted by atomic mass is 16.3. The fraction of sp³-hybridized carbons (Fsp3) is 0.562. The van der Waals surface area contributed by atoms with Crippen molar-refractivity contribution >= 4 is 0 Å². The molecule has 1 unspecified atom stereocenters. The van der Waals surface area contributed by atoms with E-state index in [0.29, 0.717) is 12.1 Å². The van der Waals surface area contributed by atoms with Crippen LogP contribution >= 0.6 is 0 Å². The fourth-order valence-corrected chi connectivity index (χ4v) is 2.37. The summed E-state index contributed by atoms with van der Waals surface area (Å²) in [6, 6.07) is 9.33. The van der Waals surface area contributed by atoms with Crippen molar-refractivity contribution in [3.05, 3.63) is 35.4 Å². The highest BCUT2D eigenvalue weighted by Gasteiger charge is 2.25. The topological polar surface area (TPSA) is 47.3 Å². The Hall–Kier alpha value is -1.37. The maximum atomic E-state index is 10.3. The third-order valence-corrected chi connectivity index (χ3v) is 3.61. The third-order valence-electron chi connectivity index (χ3n) is 3.61. The Labute approximate surface area is 115 Å². The van der Waals surface area contributed by atoms with Gasteiger partial charge >= 0.3 is 0 Å². The maximum absolute atomic E-state index is 10.3. The second kappa shape index (κ2) is 6.70. The Bertz CT molecular complexity index is 431. The van der Waals surface area contributed by atoms with Crippen molar-refractivity contribution in [3.8, 4) is 6.07 Å². The summed E-state index contributed by atoms with van der Waals surface area (Å²) >= 11 is 0. The lowest BCUT2D eigenvalue weighted by molar-refractivity contribution is 0.110. The summed E-state index contributed by atoms with van der Waals surface area (Å²) < 4.78 is 0. The van der Waals surface area contributed by atoms with E-state index in [9.17, 15) is 5.11 Å². The molecule has 0 spiro atoms. The van der Waals surface area contributed by atoms with E-state index in [1.807, 2.05) is 12.1 Å². The van der Waals surface area contributed by atoms with Crippen molar-refractivity contribution in [1.82, 2.24) is 4.90 Å². The van der Waals surface area contributed by atoms with Gasteiger partial charge in [0.15, 0.2) is 0 Å². The van der Waals surface area contributed by atoms with Gasteiger partial charge in [-0.3, -0.25) is 0 Å². The molecular weight excluding hydrogens is 236 g/mol. The van der Waals surface area contributed by atoms with Gasteiger partial charge in [0.2, 0.25) is 0 Å². The van der Waals surface area contributed by atoms with Crippen LogP contribution in [0.2, 0.25) is 0 Å². The second-order valence-corrected chi connectivity index (χ2v) is 5.45. The predicted octanol–water partition coefficient (Wildman–Crippen LogP) is 2.71. The van der Waals surface area contributed by atoms with Gasteiger partial charge in [-0.15, -0.1) is 0 Å². The summed E-state index contributed by atoms with van der Waals surface area (Å²) in [4.78, 5) is 2.36. The molecule has 3 heteroatoms. The molecule has 1 aliphatic rings. The summed E-state index contributed by atoms with van der Waals surface area (Å²) in [6.45, 7) is 5.02. The van der Waals surface area contributed by atoms with Crippen LogP contribution in [0, 0.1) is 17.2 Å². The normalized spacial score (nSPS) is 16.3. The van der Waals surface area contributed by atoms with Crippen LogP contribution < -0.4 is 0 Å². The largest absolute Gasteiger partial charge is 0.387 e. The summed E-state index contributed by atoms with van der Waals surface area (Å²) in [5.41, 5.74) is 1.54. The Morgan fingerprint density at radius 2 is 2.05 bits per heavy atom. The first-order chi connectivity index (χ1) is 9.22. The van der Waals surface area contributed by atoms with E-state index in [4.69, 9.17) is 5.26 Å². The molecule has 1 saturated carbocycles. The summed E-state index contributed by atoms with van der Waals surface area (Å²) in [7, 11) is 0. The van der Waals surface area contributed by atoms with Crippen LogP contribution in [0.1, 0.15) is 43.4 Å². The molecule has 19 heavy (non-hydrogen) atoms. The molecule has 1 N–H and O–H groups in total. The Balaban J connectivity index is 1.92. The molecule has 0 saturated heterocycles. The first-order valence-electron chi connectivity index (χ1n) is 7.13. The van der Waals surface area contributed by atoms with E-state index in [1.165, 1.54) is 12.8 Å². The van der Waals surface area contributed by atoms with Crippen LogP contribution in [0.3, 0.4) is 0 Å². The average Bonchev–Trinajstić information content (AvgIpc) is 3.23. The van der Waals surface area contributed by atoms with Crippen LogP contribution in [0.5, 0.6) is 0 Å². The average molecular weight is 258 g/mol. The van der Waals surface area contributed by atoms with Crippen LogP contribution in [-0.2, 0) is 0 Å². The van der Waals surface area contributed by atoms with E-state index >= 15 is 0 Å². The van der Waals surface area contributed by atoms with Gasteiger partial charge in [-0.2, -0.15) is 5.26 Å². The Morgan fingerprint density at radius 3 is 2.58 bits per heavy atom. The minimum Gasteiger partial charge on any atom is -0.387 e. The molecule has 0 amide bonds. The number of hydrogen-bond donors (Lipinski definition) is 1. The highest BCUT2D eigenvalue weighted by molar-refractivity contribution is 5.32. The molecular formula is C16H22N2O. The number of aliphatic hydroxyl groups is 1. The van der Waals surface area contributed by atoms with Crippen molar-refractivity contribution in [3.63, 3.8) is 0 Å². The lowest BCUT2D eigenvalue weighted by atomic mass is 10.1. The lowest BCUT2D eigenvalue weighted by Gasteiger charge is -2.24. The second-order valence-electron chi connectivity index (χ2n) is 5.45. The zero-order chi connectivity index (χ0) is 13.7. The third kappa shape index (κ3) is 4.34. The first-order valence-corrected chi connectivity index (χ1v) is 7.13. The van der Waals surface area contributed by atoms with Gasteiger partial charge in [0, 0.05) is 13.1 Å². The van der Waals surface area contributed by atoms with Crippen molar-refractivity contribution in [1.29, 1.82) is 5.26 Å². The Morgan fingerprint density at radius 1 is 1.37 bits per heavy atom. The highest BCUT2D eigenvalue weighted by Crippen LogP contribution is 2.30. The number of rotatable bonds is 7. The minimum absolute atomic E-state index is 0.460. The molecule has 1 aromatic rings. The van der Waals surface area contributed by atoms with Gasteiger partial charge in [0.1, 0.15) is 0 Å². The van der Waals surface area contributed by atoms with Crippen molar-refractivity contribution in [2.45, 2.75) is 32.3 Å². The molecule has 1 fully saturated rings. The van der Waals surface area contributed by atoms with Gasteiger partial charge in [0.05, 0.1) is 17.7 Å². The molecule has 0 aliphatic heterocycles. The molecule has 0 heterocycles. The fourth-order valence-electron chi connectivity index (χ4n) is 2.37. The van der Waals surface area contributed by atoms with Gasteiger partial charge < -0.3 is 10.0 Å². The van der Waals surface area contributed by atoms with Crippen molar-refractivity contribution in [2.24, 2.45) is 5.92 Å². The molecule has 3 nitrogen and oxygen atoms in total. The zero-order valence-electron chi connectivity index (χ0n) is 11.5. The summed E-state index contributed by atoms with van der Waals surface area (Å²) in [6.07, 6.45) is 3.34. The monoisotopic (exact) mass is 258 g/mol. The maximum Gasteiger partial charge on any atom is 0.0991 e. The zero-order valence-corrected chi connectivity index (χ0v) is 11.5. The van der Waals surface area contributed by atoms with Crippen LogP contribution in [-0.4, -0.2) is 29.6 Å². The Kier molecular flexibility index (Phi) is 4.95. The van der Waals surface area contributed by atoms with E-state index in [1.54, 1.807) is 12.1 Å².